The van der Waals surface area contributed by atoms with Gasteiger partial charge in [-0.25, -0.2) is 4.79 Å². The molecule has 1 aliphatic heterocycles. The van der Waals surface area contributed by atoms with Crippen LogP contribution in [0.5, 0.6) is 17.2 Å². The SMILES string of the molecule is COc1cc(C2OC(=O)c3ccccc3C2c2ccccc2)cc(OC)c1OC. The van der Waals surface area contributed by atoms with Crippen molar-refractivity contribution >= 4 is 5.97 Å². The first kappa shape index (κ1) is 18.9. The zero-order valence-electron chi connectivity index (χ0n) is 16.5. The number of fused-ring (bicyclic) bond motifs is 1. The maximum atomic E-state index is 12.8. The Morgan fingerprint density at radius 3 is 2.00 bits per heavy atom. The minimum atomic E-state index is -0.534. The van der Waals surface area contributed by atoms with Crippen LogP contribution in [0, 0.1) is 0 Å². The molecule has 1 heterocycles. The lowest BCUT2D eigenvalue weighted by molar-refractivity contribution is 0.0203. The highest BCUT2D eigenvalue weighted by Gasteiger charge is 2.38. The van der Waals surface area contributed by atoms with Gasteiger partial charge in [-0.15, -0.1) is 0 Å². The van der Waals surface area contributed by atoms with Crippen LogP contribution in [0.25, 0.3) is 0 Å². The Labute approximate surface area is 169 Å². The first-order chi connectivity index (χ1) is 14.2. The van der Waals surface area contributed by atoms with Gasteiger partial charge in [-0.3, -0.25) is 0 Å². The highest BCUT2D eigenvalue weighted by atomic mass is 16.5. The molecule has 4 rings (SSSR count). The maximum absolute atomic E-state index is 12.8. The summed E-state index contributed by atoms with van der Waals surface area (Å²) in [6, 6.07) is 21.3. The number of hydrogen-bond donors (Lipinski definition) is 0. The molecule has 0 saturated heterocycles. The summed E-state index contributed by atoms with van der Waals surface area (Å²) >= 11 is 0. The summed E-state index contributed by atoms with van der Waals surface area (Å²) in [5.41, 5.74) is 3.36. The molecule has 0 N–H and O–H groups in total. The number of methoxy groups -OCH3 is 3. The highest BCUT2D eigenvalue weighted by molar-refractivity contribution is 5.93. The molecule has 29 heavy (non-hydrogen) atoms. The topological polar surface area (TPSA) is 54.0 Å². The minimum Gasteiger partial charge on any atom is -0.493 e. The average Bonchev–Trinajstić information content (AvgIpc) is 2.78. The number of benzene rings is 3. The normalized spacial score (nSPS) is 17.8. The predicted octanol–water partition coefficient (Wildman–Crippen LogP) is 4.76. The first-order valence-electron chi connectivity index (χ1n) is 9.32. The Bertz CT molecular complexity index is 1000. The smallest absolute Gasteiger partial charge is 0.339 e. The van der Waals surface area contributed by atoms with E-state index < -0.39 is 6.10 Å². The standard InChI is InChI=1S/C24H22O5/c1-26-19-13-16(14-20(27-2)23(19)28-3)22-21(15-9-5-4-6-10-15)17-11-7-8-12-18(17)24(25)29-22/h4-14,21-22H,1-3H3. The summed E-state index contributed by atoms with van der Waals surface area (Å²) < 4.78 is 22.4. The summed E-state index contributed by atoms with van der Waals surface area (Å²) in [6.07, 6.45) is -0.534. The fourth-order valence-electron chi connectivity index (χ4n) is 3.90. The second kappa shape index (κ2) is 7.87. The number of esters is 1. The predicted molar refractivity (Wildman–Crippen MR) is 109 cm³/mol. The van der Waals surface area contributed by atoms with Crippen LogP contribution >= 0.6 is 0 Å². The van der Waals surface area contributed by atoms with Crippen molar-refractivity contribution in [2.45, 2.75) is 12.0 Å². The second-order valence-corrected chi connectivity index (χ2v) is 6.76. The maximum Gasteiger partial charge on any atom is 0.339 e. The molecule has 0 bridgehead atoms. The van der Waals surface area contributed by atoms with Crippen molar-refractivity contribution in [3.63, 3.8) is 0 Å². The molecular weight excluding hydrogens is 368 g/mol. The number of carbonyl (C=O) groups excluding carboxylic acids is 1. The van der Waals surface area contributed by atoms with E-state index in [4.69, 9.17) is 18.9 Å². The molecule has 0 saturated carbocycles. The van der Waals surface area contributed by atoms with Crippen molar-refractivity contribution in [3.05, 3.63) is 89.0 Å². The Morgan fingerprint density at radius 1 is 0.759 bits per heavy atom. The molecule has 3 aromatic carbocycles. The molecule has 0 fully saturated rings. The van der Waals surface area contributed by atoms with Gasteiger partial charge in [-0.05, 0) is 29.3 Å². The fourth-order valence-corrected chi connectivity index (χ4v) is 3.90. The second-order valence-electron chi connectivity index (χ2n) is 6.76. The number of rotatable bonds is 5. The van der Waals surface area contributed by atoms with E-state index in [0.29, 0.717) is 22.8 Å². The van der Waals surface area contributed by atoms with Crippen LogP contribution < -0.4 is 14.2 Å². The van der Waals surface area contributed by atoms with Gasteiger partial charge < -0.3 is 18.9 Å². The van der Waals surface area contributed by atoms with E-state index in [-0.39, 0.29) is 11.9 Å². The summed E-state index contributed by atoms with van der Waals surface area (Å²) in [6.45, 7) is 0. The van der Waals surface area contributed by atoms with Crippen molar-refractivity contribution in [2.75, 3.05) is 21.3 Å². The summed E-state index contributed by atoms with van der Waals surface area (Å²) in [5.74, 6) is 1.03. The Morgan fingerprint density at radius 2 is 1.38 bits per heavy atom. The van der Waals surface area contributed by atoms with Crippen molar-refractivity contribution in [1.82, 2.24) is 0 Å². The third kappa shape index (κ3) is 3.29. The van der Waals surface area contributed by atoms with Gasteiger partial charge >= 0.3 is 5.97 Å². The number of ether oxygens (including phenoxy) is 4. The van der Waals surface area contributed by atoms with Gasteiger partial charge in [0.15, 0.2) is 11.5 Å². The third-order valence-electron chi connectivity index (χ3n) is 5.23. The van der Waals surface area contributed by atoms with Gasteiger partial charge in [-0.1, -0.05) is 48.5 Å². The van der Waals surface area contributed by atoms with Crippen LogP contribution in [0.4, 0.5) is 0 Å². The van der Waals surface area contributed by atoms with Crippen LogP contribution in [0.15, 0.2) is 66.7 Å². The Hall–Kier alpha value is -3.47. The van der Waals surface area contributed by atoms with Crippen LogP contribution in [0.3, 0.4) is 0 Å². The van der Waals surface area contributed by atoms with Crippen LogP contribution in [-0.2, 0) is 4.74 Å². The molecular formula is C24H22O5. The molecule has 2 unspecified atom stereocenters. The third-order valence-corrected chi connectivity index (χ3v) is 5.23. The van der Waals surface area contributed by atoms with Crippen LogP contribution in [0.2, 0.25) is 0 Å². The summed E-state index contributed by atoms with van der Waals surface area (Å²) in [7, 11) is 4.69. The number of hydrogen-bond acceptors (Lipinski definition) is 5. The molecule has 0 amide bonds. The molecule has 3 aromatic rings. The highest BCUT2D eigenvalue weighted by Crippen LogP contribution is 2.48. The molecule has 1 aliphatic rings. The molecule has 5 heteroatoms. The molecule has 0 radical (unpaired) electrons. The van der Waals surface area contributed by atoms with Gasteiger partial charge in [0.25, 0.3) is 0 Å². The van der Waals surface area contributed by atoms with E-state index >= 15 is 0 Å². The molecule has 5 nitrogen and oxygen atoms in total. The van der Waals surface area contributed by atoms with Crippen molar-refractivity contribution in [3.8, 4) is 17.2 Å². The molecule has 0 spiro atoms. The monoisotopic (exact) mass is 390 g/mol. The fraction of sp³-hybridized carbons (Fsp3) is 0.208. The van der Waals surface area contributed by atoms with E-state index in [2.05, 4.69) is 0 Å². The molecule has 148 valence electrons. The molecule has 0 aliphatic carbocycles. The largest absolute Gasteiger partial charge is 0.493 e. The number of carbonyl (C=O) groups is 1. The van der Waals surface area contributed by atoms with Crippen LogP contribution in [0.1, 0.15) is 39.1 Å². The first-order valence-corrected chi connectivity index (χ1v) is 9.32. The lowest BCUT2D eigenvalue weighted by Crippen LogP contribution is -2.27. The zero-order valence-corrected chi connectivity index (χ0v) is 16.5. The Kier molecular flexibility index (Phi) is 5.12. The lowest BCUT2D eigenvalue weighted by atomic mass is 9.79. The van der Waals surface area contributed by atoms with E-state index in [1.54, 1.807) is 27.4 Å². The lowest BCUT2D eigenvalue weighted by Gasteiger charge is -2.34. The quantitative estimate of drug-likeness (QED) is 0.588. The van der Waals surface area contributed by atoms with E-state index in [1.807, 2.05) is 60.7 Å². The van der Waals surface area contributed by atoms with Crippen molar-refractivity contribution in [1.29, 1.82) is 0 Å². The summed E-state index contributed by atoms with van der Waals surface area (Å²) in [4.78, 5) is 12.8. The van der Waals surface area contributed by atoms with Crippen LogP contribution in [-0.4, -0.2) is 27.3 Å². The number of cyclic esters (lactones) is 1. The average molecular weight is 390 g/mol. The van der Waals surface area contributed by atoms with Gasteiger partial charge in [-0.2, -0.15) is 0 Å². The van der Waals surface area contributed by atoms with E-state index in [0.717, 1.165) is 16.7 Å². The molecule has 2 atom stereocenters. The van der Waals surface area contributed by atoms with Crippen molar-refractivity contribution in [2.24, 2.45) is 0 Å². The Balaban J connectivity index is 1.91. The van der Waals surface area contributed by atoms with E-state index in [9.17, 15) is 4.79 Å². The van der Waals surface area contributed by atoms with Gasteiger partial charge in [0, 0.05) is 5.56 Å². The van der Waals surface area contributed by atoms with Crippen molar-refractivity contribution < 1.29 is 23.7 Å². The van der Waals surface area contributed by atoms with E-state index in [1.165, 1.54) is 0 Å². The van der Waals surface area contributed by atoms with Gasteiger partial charge in [0.05, 0.1) is 32.8 Å². The minimum absolute atomic E-state index is 0.159. The van der Waals surface area contributed by atoms with Gasteiger partial charge in [0.1, 0.15) is 6.10 Å². The molecule has 0 aromatic heterocycles. The summed E-state index contributed by atoms with van der Waals surface area (Å²) in [5, 5.41) is 0. The zero-order chi connectivity index (χ0) is 20.4. The van der Waals surface area contributed by atoms with Gasteiger partial charge in [0.2, 0.25) is 5.75 Å².